The molecule has 2 N–H and O–H groups in total. The van der Waals surface area contributed by atoms with Gasteiger partial charge in [0.1, 0.15) is 18.6 Å². The Hall–Kier alpha value is -4.66. The molecule has 1 fully saturated rings. The van der Waals surface area contributed by atoms with E-state index < -0.39 is 49.4 Å². The van der Waals surface area contributed by atoms with Crippen LogP contribution in [-0.2, 0) is 25.1 Å². The zero-order valence-corrected chi connectivity index (χ0v) is 41.3. The van der Waals surface area contributed by atoms with E-state index in [0.717, 1.165) is 6.42 Å². The first-order valence-electron chi connectivity index (χ1n) is 22.1. The Kier molecular flexibility index (Phi) is 20.6. The van der Waals surface area contributed by atoms with Gasteiger partial charge in [-0.2, -0.15) is 0 Å². The predicted octanol–water partition coefficient (Wildman–Crippen LogP) is 10.8. The van der Waals surface area contributed by atoms with Crippen molar-refractivity contribution in [2.75, 3.05) is 14.2 Å². The lowest BCUT2D eigenvalue weighted by Crippen LogP contribution is -2.51. The minimum absolute atomic E-state index is 0.0352. The number of hydrogen-bond acceptors (Lipinski definition) is 12. The number of carbonyl (C=O) groups is 2. The van der Waals surface area contributed by atoms with Gasteiger partial charge in [-0.25, -0.2) is 19.6 Å². The van der Waals surface area contributed by atoms with Gasteiger partial charge in [-0.1, -0.05) is 140 Å². The van der Waals surface area contributed by atoms with Crippen LogP contribution in [0.1, 0.15) is 114 Å². The Morgan fingerprint density at radius 1 is 0.797 bits per heavy atom. The third kappa shape index (κ3) is 16.1. The smallest absolute Gasteiger partial charge is 0.360 e. The summed E-state index contributed by atoms with van der Waals surface area (Å²) in [6.07, 6.45) is 32.8. The summed E-state index contributed by atoms with van der Waals surface area (Å²) in [4.78, 5) is 34.0. The molecule has 0 aliphatic heterocycles. The summed E-state index contributed by atoms with van der Waals surface area (Å²) in [5, 5.41) is 21.0. The molecule has 7 atom stereocenters. The molecule has 12 nitrogen and oxygen atoms in total. The van der Waals surface area contributed by atoms with Crippen molar-refractivity contribution >= 4 is 26.3 Å². The maximum absolute atomic E-state index is 13.7. The van der Waals surface area contributed by atoms with Gasteiger partial charge in [-0.05, 0) is 56.7 Å². The summed E-state index contributed by atoms with van der Waals surface area (Å²) in [5.74, 6) is 0.273. The summed E-state index contributed by atoms with van der Waals surface area (Å²) >= 11 is 0. The van der Waals surface area contributed by atoms with Crippen molar-refractivity contribution in [2.24, 2.45) is 22.7 Å². The van der Waals surface area contributed by atoms with Crippen LogP contribution in [0.25, 0.3) is 6.08 Å². The Morgan fingerprint density at radius 2 is 1.45 bits per heavy atom. The molecule has 1 aliphatic carbocycles. The summed E-state index contributed by atoms with van der Waals surface area (Å²) in [5.41, 5.74) is -1.13. The fourth-order valence-corrected chi connectivity index (χ4v) is 7.75. The molecular weight excluding hydrogens is 829 g/mol. The van der Waals surface area contributed by atoms with Crippen molar-refractivity contribution in [1.29, 1.82) is 0 Å². The molecule has 1 aliphatic rings. The molecule has 0 unspecified atom stereocenters. The van der Waals surface area contributed by atoms with Crippen molar-refractivity contribution in [3.05, 3.63) is 127 Å². The summed E-state index contributed by atoms with van der Waals surface area (Å²) in [6, 6.07) is 0. The lowest BCUT2D eigenvalue weighted by Gasteiger charge is -2.45. The first-order chi connectivity index (χ1) is 30.1. The first kappa shape index (κ1) is 53.7. The number of aromatic nitrogens is 2. The van der Waals surface area contributed by atoms with Crippen LogP contribution in [0.4, 0.5) is 0 Å². The van der Waals surface area contributed by atoms with E-state index >= 15 is 0 Å². The quantitative estimate of drug-likeness (QED) is 0.0420. The van der Waals surface area contributed by atoms with Crippen LogP contribution in [-0.4, -0.2) is 85.2 Å². The minimum atomic E-state index is -2.24. The number of aliphatic hydroxyl groups is 2. The Bertz CT molecular complexity index is 2020. The van der Waals surface area contributed by atoms with E-state index in [9.17, 15) is 19.8 Å². The number of esters is 2. The van der Waals surface area contributed by atoms with Gasteiger partial charge in [-0.3, -0.25) is 0 Å². The average molecular weight is 903 g/mol. The number of oxazole rings is 2. The fraction of sp³-hybridized carbons (Fsp3) is 0.529. The van der Waals surface area contributed by atoms with Crippen molar-refractivity contribution in [3.8, 4) is 0 Å². The molecule has 0 aromatic carbocycles. The van der Waals surface area contributed by atoms with E-state index in [0.29, 0.717) is 37.0 Å². The molecule has 0 radical (unpaired) electrons. The van der Waals surface area contributed by atoms with Crippen LogP contribution in [0.5, 0.6) is 0 Å². The molecule has 13 heteroatoms. The molecule has 2 aromatic rings. The number of methoxy groups -OCH3 is 2. The Balaban J connectivity index is 1.68. The van der Waals surface area contributed by atoms with Crippen LogP contribution in [0.15, 0.2) is 113 Å². The van der Waals surface area contributed by atoms with Crippen molar-refractivity contribution in [1.82, 2.24) is 9.97 Å². The standard InChI is InChI=1S/C51H74N2O10Si/c1-14-24-41(54)50(6,7)42(55)29-23-27-37-32-36(37)26-21-22-31-45-52-40(35-60-45)48(57)62-43(51(8,9)44(25-15-2)63-64(12,13)49(3,4)5)30-20-18-16-17-19-28-38(58-10)33-46-53-39(34-61-46)47(56)59-11/h14-28,31,34-38,41-44,54-55H,29-30,32-33H2,1-13H3/b17-16-,20-18-,24-14+,25-15+,26-21+,27-23-,28-19+,31-22-/t36-,37+,38+,41+,42+,43+,44+/m1/s1. The average Bonchev–Trinajstić information content (AvgIpc) is 3.54. The molecule has 2 aromatic heterocycles. The van der Waals surface area contributed by atoms with Crippen molar-refractivity contribution in [3.63, 3.8) is 0 Å². The number of carbonyl (C=O) groups excluding carboxylic acids is 2. The molecule has 1 saturated carbocycles. The summed E-state index contributed by atoms with van der Waals surface area (Å²) in [6.45, 7) is 22.7. The van der Waals surface area contributed by atoms with Gasteiger partial charge in [0.2, 0.25) is 5.89 Å². The largest absolute Gasteiger partial charge is 0.464 e. The fourth-order valence-electron chi connectivity index (χ4n) is 6.38. The zero-order chi connectivity index (χ0) is 47.7. The highest BCUT2D eigenvalue weighted by Gasteiger charge is 2.46. The third-order valence-corrected chi connectivity index (χ3v) is 16.7. The van der Waals surface area contributed by atoms with E-state index in [4.69, 9.17) is 27.5 Å². The topological polar surface area (TPSA) is 164 Å². The van der Waals surface area contributed by atoms with Crippen LogP contribution >= 0.6 is 0 Å². The van der Waals surface area contributed by atoms with Crippen LogP contribution < -0.4 is 0 Å². The van der Waals surface area contributed by atoms with E-state index in [1.165, 1.54) is 19.6 Å². The number of hydrogen-bond donors (Lipinski definition) is 2. The number of nitrogens with zero attached hydrogens (tertiary/aromatic N) is 2. The highest BCUT2D eigenvalue weighted by atomic mass is 28.4. The normalized spacial score (nSPS) is 19.4. The maximum atomic E-state index is 13.7. The van der Waals surface area contributed by atoms with Crippen molar-refractivity contribution in [2.45, 2.75) is 137 Å². The number of ether oxygens (including phenoxy) is 3. The van der Waals surface area contributed by atoms with E-state index in [1.54, 1.807) is 25.3 Å². The lowest BCUT2D eigenvalue weighted by molar-refractivity contribution is -0.0420. The van der Waals surface area contributed by atoms with Gasteiger partial charge >= 0.3 is 11.9 Å². The van der Waals surface area contributed by atoms with E-state index in [2.05, 4.69) is 69.8 Å². The van der Waals surface area contributed by atoms with Crippen LogP contribution in [0, 0.1) is 22.7 Å². The Morgan fingerprint density at radius 3 is 2.11 bits per heavy atom. The molecule has 0 saturated heterocycles. The maximum Gasteiger partial charge on any atom is 0.360 e. The Labute approximate surface area is 382 Å². The molecule has 2 heterocycles. The summed E-state index contributed by atoms with van der Waals surface area (Å²) in [7, 11) is 0.633. The lowest BCUT2D eigenvalue weighted by atomic mass is 9.79. The van der Waals surface area contributed by atoms with Crippen molar-refractivity contribution < 1.29 is 47.3 Å². The molecule has 352 valence electrons. The zero-order valence-electron chi connectivity index (χ0n) is 40.3. The second kappa shape index (κ2) is 24.6. The molecular formula is C51H74N2O10Si. The van der Waals surface area contributed by atoms with Gasteiger partial charge in [0.05, 0.1) is 37.9 Å². The van der Waals surface area contributed by atoms with Gasteiger partial charge in [0, 0.05) is 30.4 Å². The van der Waals surface area contributed by atoms with Crippen LogP contribution in [0.3, 0.4) is 0 Å². The van der Waals surface area contributed by atoms with Crippen LogP contribution in [0.2, 0.25) is 18.1 Å². The third-order valence-electron chi connectivity index (χ3n) is 12.2. The highest BCUT2D eigenvalue weighted by molar-refractivity contribution is 6.74. The minimum Gasteiger partial charge on any atom is -0.464 e. The molecule has 64 heavy (non-hydrogen) atoms. The number of allylic oxidation sites excluding steroid dienone is 10. The SMILES string of the molecule is C/C=C/[C@H](O[Si](C)(C)C(C)(C)C)C(C)(C)[C@H](C\C=C/C=C\C=C\[C@@H](Cc1nc(C(=O)OC)co1)OC)OC(=O)c1coc(/C=C\C=C\[C@@H]2C[C@@H]2/C=C\C[C@H](O)C(C)(C)[C@@H](O)/C=C/C)n1. The van der Waals surface area contributed by atoms with Gasteiger partial charge in [0.25, 0.3) is 0 Å². The molecule has 0 bridgehead atoms. The number of rotatable bonds is 25. The molecule has 3 rings (SSSR count). The monoisotopic (exact) mass is 903 g/mol. The van der Waals surface area contributed by atoms with Gasteiger partial charge < -0.3 is 37.7 Å². The van der Waals surface area contributed by atoms with E-state index in [1.807, 2.05) is 94.5 Å². The first-order valence-corrected chi connectivity index (χ1v) is 25.0. The highest BCUT2D eigenvalue weighted by Crippen LogP contribution is 2.43. The molecule has 0 spiro atoms. The molecule has 0 amide bonds. The van der Waals surface area contributed by atoms with Gasteiger partial charge in [-0.15, -0.1) is 0 Å². The van der Waals surface area contributed by atoms with E-state index in [-0.39, 0.29) is 34.5 Å². The predicted molar refractivity (Wildman–Crippen MR) is 255 cm³/mol. The second-order valence-electron chi connectivity index (χ2n) is 18.9. The van der Waals surface area contributed by atoms with Gasteiger partial charge in [0.15, 0.2) is 25.6 Å². The summed E-state index contributed by atoms with van der Waals surface area (Å²) < 4.78 is 34.5. The second-order valence-corrected chi connectivity index (χ2v) is 23.7. The number of aliphatic hydroxyl groups excluding tert-OH is 2.